The van der Waals surface area contributed by atoms with Gasteiger partial charge in [-0.05, 0) is 23.8 Å². The summed E-state index contributed by atoms with van der Waals surface area (Å²) in [5, 5.41) is 1.14. The molecule has 0 aliphatic rings. The molecule has 0 spiro atoms. The molecule has 0 bridgehead atoms. The highest BCUT2D eigenvalue weighted by molar-refractivity contribution is 6.43. The maximum Gasteiger partial charge on any atom is 0.136 e. The Hall–Kier alpha value is -1.51. The van der Waals surface area contributed by atoms with Crippen molar-refractivity contribution in [1.82, 2.24) is 9.38 Å². The molecule has 2 heterocycles. The van der Waals surface area contributed by atoms with Crippen LogP contribution in [0.3, 0.4) is 0 Å². The third-order valence-corrected chi connectivity index (χ3v) is 3.47. The van der Waals surface area contributed by atoms with Gasteiger partial charge in [-0.15, -0.1) is 0 Å². The van der Waals surface area contributed by atoms with Crippen LogP contribution < -0.4 is 0 Å². The molecule has 2 aromatic heterocycles. The number of aromatic nitrogens is 2. The first kappa shape index (κ1) is 10.6. The van der Waals surface area contributed by atoms with E-state index in [4.69, 9.17) is 23.2 Å². The normalized spacial score (nSPS) is 10.9. The Morgan fingerprint density at radius 3 is 2.82 bits per heavy atom. The maximum absolute atomic E-state index is 6.20. The fourth-order valence-corrected chi connectivity index (χ4v) is 2.22. The van der Waals surface area contributed by atoms with Crippen LogP contribution in [-0.2, 0) is 0 Å². The lowest BCUT2D eigenvalue weighted by Crippen LogP contribution is -1.86. The molecule has 0 saturated heterocycles. The van der Waals surface area contributed by atoms with Crippen molar-refractivity contribution in [1.29, 1.82) is 0 Å². The van der Waals surface area contributed by atoms with E-state index in [1.54, 1.807) is 12.3 Å². The summed E-state index contributed by atoms with van der Waals surface area (Å²) in [6.45, 7) is 0. The van der Waals surface area contributed by atoms with Gasteiger partial charge >= 0.3 is 0 Å². The first-order valence-corrected chi connectivity index (χ1v) is 5.88. The second-order valence-corrected chi connectivity index (χ2v) is 4.50. The number of hydrogen-bond donors (Lipinski definition) is 0. The van der Waals surface area contributed by atoms with E-state index in [0.717, 1.165) is 16.8 Å². The SMILES string of the molecule is Clc1cccc(-c2ccc3nccn3c2)c1Cl. The van der Waals surface area contributed by atoms with Gasteiger partial charge in [0.2, 0.25) is 0 Å². The maximum atomic E-state index is 6.20. The average molecular weight is 263 g/mol. The van der Waals surface area contributed by atoms with Crippen LogP contribution in [0.1, 0.15) is 0 Å². The number of halogens is 2. The fraction of sp³-hybridized carbons (Fsp3) is 0. The lowest BCUT2D eigenvalue weighted by molar-refractivity contribution is 1.19. The Morgan fingerprint density at radius 1 is 1.06 bits per heavy atom. The van der Waals surface area contributed by atoms with Crippen LogP contribution in [0.5, 0.6) is 0 Å². The Labute approximate surface area is 108 Å². The molecule has 0 unspecified atom stereocenters. The number of benzene rings is 1. The van der Waals surface area contributed by atoms with E-state index in [9.17, 15) is 0 Å². The van der Waals surface area contributed by atoms with Gasteiger partial charge in [0.15, 0.2) is 0 Å². The molecule has 0 N–H and O–H groups in total. The van der Waals surface area contributed by atoms with Crippen LogP contribution in [0.25, 0.3) is 16.8 Å². The van der Waals surface area contributed by atoms with Crippen LogP contribution in [0.15, 0.2) is 48.9 Å². The lowest BCUT2D eigenvalue weighted by atomic mass is 10.1. The van der Waals surface area contributed by atoms with Crippen molar-refractivity contribution >= 4 is 28.8 Å². The van der Waals surface area contributed by atoms with Gasteiger partial charge in [-0.3, -0.25) is 0 Å². The molecule has 0 saturated carbocycles. The Balaban J connectivity index is 2.23. The summed E-state index contributed by atoms with van der Waals surface area (Å²) in [6, 6.07) is 9.56. The molecule has 2 nitrogen and oxygen atoms in total. The Bertz CT molecular complexity index is 689. The second-order valence-electron chi connectivity index (χ2n) is 3.71. The molecule has 3 aromatic rings. The molecule has 17 heavy (non-hydrogen) atoms. The predicted octanol–water partition coefficient (Wildman–Crippen LogP) is 4.31. The van der Waals surface area contributed by atoms with Gasteiger partial charge in [0, 0.05) is 24.2 Å². The van der Waals surface area contributed by atoms with Crippen molar-refractivity contribution in [3.05, 3.63) is 59.0 Å². The largest absolute Gasteiger partial charge is 0.306 e. The van der Waals surface area contributed by atoms with E-state index in [-0.39, 0.29) is 0 Å². The molecule has 0 radical (unpaired) electrons. The standard InChI is InChI=1S/C13H8Cl2N2/c14-11-3-1-2-10(13(11)15)9-4-5-12-16-6-7-17(12)8-9/h1-8H. The van der Waals surface area contributed by atoms with Gasteiger partial charge in [0.05, 0.1) is 10.0 Å². The van der Waals surface area contributed by atoms with Gasteiger partial charge in [-0.2, -0.15) is 0 Å². The zero-order valence-corrected chi connectivity index (χ0v) is 10.3. The topological polar surface area (TPSA) is 17.3 Å². The van der Waals surface area contributed by atoms with Crippen LogP contribution in [0, 0.1) is 0 Å². The molecule has 0 amide bonds. The fourth-order valence-electron chi connectivity index (χ4n) is 1.81. The summed E-state index contributed by atoms with van der Waals surface area (Å²) in [5.41, 5.74) is 2.85. The third-order valence-electron chi connectivity index (χ3n) is 2.65. The first-order chi connectivity index (χ1) is 8.25. The van der Waals surface area contributed by atoms with Gasteiger partial charge in [0.25, 0.3) is 0 Å². The second kappa shape index (κ2) is 4.06. The van der Waals surface area contributed by atoms with E-state index in [1.807, 2.05) is 41.1 Å². The van der Waals surface area contributed by atoms with Crippen molar-refractivity contribution in [3.8, 4) is 11.1 Å². The number of imidazole rings is 1. The lowest BCUT2D eigenvalue weighted by Gasteiger charge is -2.06. The highest BCUT2D eigenvalue weighted by Gasteiger charge is 2.07. The number of nitrogens with zero attached hydrogens (tertiary/aromatic N) is 2. The smallest absolute Gasteiger partial charge is 0.136 e. The monoisotopic (exact) mass is 262 g/mol. The summed E-state index contributed by atoms with van der Waals surface area (Å²) in [7, 11) is 0. The molecule has 0 fully saturated rings. The van der Waals surface area contributed by atoms with E-state index in [1.165, 1.54) is 0 Å². The van der Waals surface area contributed by atoms with Crippen molar-refractivity contribution in [2.24, 2.45) is 0 Å². The number of pyridine rings is 1. The molecule has 3 rings (SSSR count). The summed E-state index contributed by atoms with van der Waals surface area (Å²) in [4.78, 5) is 4.20. The molecule has 4 heteroatoms. The zero-order chi connectivity index (χ0) is 11.8. The molecule has 0 aliphatic carbocycles. The third kappa shape index (κ3) is 1.79. The average Bonchev–Trinajstić information content (AvgIpc) is 2.79. The summed E-state index contributed by atoms with van der Waals surface area (Å²) in [6.07, 6.45) is 5.65. The summed E-state index contributed by atoms with van der Waals surface area (Å²) >= 11 is 12.2. The number of hydrogen-bond acceptors (Lipinski definition) is 1. The molecule has 84 valence electrons. The van der Waals surface area contributed by atoms with Crippen LogP contribution >= 0.6 is 23.2 Å². The van der Waals surface area contributed by atoms with Gasteiger partial charge in [-0.25, -0.2) is 4.98 Å². The zero-order valence-electron chi connectivity index (χ0n) is 8.77. The van der Waals surface area contributed by atoms with Gasteiger partial charge in [-0.1, -0.05) is 35.3 Å². The molecular weight excluding hydrogens is 255 g/mol. The van der Waals surface area contributed by atoms with Crippen molar-refractivity contribution in [2.45, 2.75) is 0 Å². The highest BCUT2D eigenvalue weighted by atomic mass is 35.5. The molecule has 1 aromatic carbocycles. The van der Waals surface area contributed by atoms with E-state index >= 15 is 0 Å². The van der Waals surface area contributed by atoms with E-state index in [2.05, 4.69) is 4.98 Å². The summed E-state index contributed by atoms with van der Waals surface area (Å²) in [5.74, 6) is 0. The quantitative estimate of drug-likeness (QED) is 0.639. The minimum absolute atomic E-state index is 0.565. The van der Waals surface area contributed by atoms with Crippen LogP contribution in [0.2, 0.25) is 10.0 Å². The van der Waals surface area contributed by atoms with E-state index < -0.39 is 0 Å². The Kier molecular flexibility index (Phi) is 2.54. The van der Waals surface area contributed by atoms with Crippen LogP contribution in [-0.4, -0.2) is 9.38 Å². The van der Waals surface area contributed by atoms with Crippen molar-refractivity contribution < 1.29 is 0 Å². The Morgan fingerprint density at radius 2 is 1.94 bits per heavy atom. The van der Waals surface area contributed by atoms with Gasteiger partial charge < -0.3 is 4.40 Å². The van der Waals surface area contributed by atoms with Crippen LogP contribution in [0.4, 0.5) is 0 Å². The summed E-state index contributed by atoms with van der Waals surface area (Å²) < 4.78 is 1.95. The molecular formula is C13H8Cl2N2. The first-order valence-electron chi connectivity index (χ1n) is 5.13. The number of rotatable bonds is 1. The molecule has 0 aliphatic heterocycles. The minimum atomic E-state index is 0.565. The minimum Gasteiger partial charge on any atom is -0.306 e. The number of fused-ring (bicyclic) bond motifs is 1. The van der Waals surface area contributed by atoms with Crippen molar-refractivity contribution in [2.75, 3.05) is 0 Å². The molecule has 0 atom stereocenters. The predicted molar refractivity (Wildman–Crippen MR) is 70.6 cm³/mol. The van der Waals surface area contributed by atoms with Gasteiger partial charge in [0.1, 0.15) is 5.65 Å². The van der Waals surface area contributed by atoms with E-state index in [0.29, 0.717) is 10.0 Å². The van der Waals surface area contributed by atoms with Crippen molar-refractivity contribution in [3.63, 3.8) is 0 Å². The highest BCUT2D eigenvalue weighted by Crippen LogP contribution is 2.33.